The highest BCUT2D eigenvalue weighted by Crippen LogP contribution is 2.15. The highest BCUT2D eigenvalue weighted by molar-refractivity contribution is 9.08. The summed E-state index contributed by atoms with van der Waals surface area (Å²) < 4.78 is 27.6. The van der Waals surface area contributed by atoms with E-state index < -0.39 is 6.61 Å². The van der Waals surface area contributed by atoms with Crippen molar-refractivity contribution in [3.05, 3.63) is 24.0 Å². The largest absolute Gasteiger partial charge is 0.435 e. The van der Waals surface area contributed by atoms with Gasteiger partial charge in [-0.15, -0.1) is 0 Å². The van der Waals surface area contributed by atoms with Crippen molar-refractivity contribution in [2.45, 2.75) is 11.9 Å². The van der Waals surface area contributed by atoms with Gasteiger partial charge in [0.2, 0.25) is 0 Å². The Morgan fingerprint density at radius 1 is 1.58 bits per heavy atom. The third-order valence-corrected chi connectivity index (χ3v) is 1.72. The molecule has 1 rings (SSSR count). The van der Waals surface area contributed by atoms with Gasteiger partial charge in [0.1, 0.15) is 5.75 Å². The zero-order chi connectivity index (χ0) is 8.97. The first-order chi connectivity index (χ1) is 5.72. The van der Waals surface area contributed by atoms with Crippen LogP contribution in [0.2, 0.25) is 0 Å². The number of ether oxygens (including phenoxy) is 1. The van der Waals surface area contributed by atoms with Crippen molar-refractivity contribution in [3.63, 3.8) is 0 Å². The second-order valence-electron chi connectivity index (χ2n) is 2.00. The van der Waals surface area contributed by atoms with Crippen LogP contribution in [0.25, 0.3) is 0 Å². The minimum absolute atomic E-state index is 0.134. The summed E-state index contributed by atoms with van der Waals surface area (Å²) in [7, 11) is 0. The van der Waals surface area contributed by atoms with Crippen molar-refractivity contribution < 1.29 is 13.5 Å². The van der Waals surface area contributed by atoms with E-state index in [2.05, 4.69) is 25.7 Å². The summed E-state index contributed by atoms with van der Waals surface area (Å²) in [6.45, 7) is -2.78. The van der Waals surface area contributed by atoms with Crippen LogP contribution in [-0.2, 0) is 5.33 Å². The zero-order valence-corrected chi connectivity index (χ0v) is 7.59. The number of nitrogens with zero attached hydrogens (tertiary/aromatic N) is 1. The smallest absolute Gasteiger partial charge is 0.387 e. The van der Waals surface area contributed by atoms with Crippen molar-refractivity contribution in [2.75, 3.05) is 0 Å². The predicted octanol–water partition coefficient (Wildman–Crippen LogP) is 2.58. The van der Waals surface area contributed by atoms with Gasteiger partial charge in [0.05, 0.1) is 5.69 Å². The Labute approximate surface area is 76.7 Å². The first kappa shape index (κ1) is 9.38. The Kier molecular flexibility index (Phi) is 3.40. The molecular formula is C7H6BrF2NO. The Morgan fingerprint density at radius 2 is 2.33 bits per heavy atom. The quantitative estimate of drug-likeness (QED) is 0.755. The average Bonchev–Trinajstić information content (AvgIpc) is 2.03. The molecule has 5 heteroatoms. The maximum absolute atomic E-state index is 11.7. The molecule has 0 aromatic carbocycles. The molecule has 2 nitrogen and oxygen atoms in total. The number of halogens is 3. The number of alkyl halides is 3. The van der Waals surface area contributed by atoms with E-state index in [0.29, 0.717) is 11.0 Å². The topological polar surface area (TPSA) is 22.1 Å². The van der Waals surface area contributed by atoms with Crippen molar-refractivity contribution in [2.24, 2.45) is 0 Å². The molecule has 0 atom stereocenters. The van der Waals surface area contributed by atoms with Crippen LogP contribution in [0.1, 0.15) is 5.69 Å². The highest BCUT2D eigenvalue weighted by atomic mass is 79.9. The van der Waals surface area contributed by atoms with Gasteiger partial charge >= 0.3 is 6.61 Å². The second kappa shape index (κ2) is 4.35. The van der Waals surface area contributed by atoms with Crippen LogP contribution >= 0.6 is 15.9 Å². The predicted molar refractivity (Wildman–Crippen MR) is 43.5 cm³/mol. The molecule has 1 heterocycles. The molecule has 0 amide bonds. The van der Waals surface area contributed by atoms with Crippen LogP contribution in [0.15, 0.2) is 18.3 Å². The van der Waals surface area contributed by atoms with E-state index in [9.17, 15) is 8.78 Å². The minimum Gasteiger partial charge on any atom is -0.435 e. The number of pyridine rings is 1. The molecule has 0 saturated carbocycles. The van der Waals surface area contributed by atoms with E-state index in [1.165, 1.54) is 18.3 Å². The van der Waals surface area contributed by atoms with E-state index in [1.807, 2.05) is 0 Å². The fraction of sp³-hybridized carbons (Fsp3) is 0.286. The number of rotatable bonds is 3. The normalized spacial score (nSPS) is 10.3. The Hall–Kier alpha value is -0.710. The monoisotopic (exact) mass is 237 g/mol. The molecule has 0 fully saturated rings. The van der Waals surface area contributed by atoms with E-state index in [4.69, 9.17) is 0 Å². The lowest BCUT2D eigenvalue weighted by atomic mass is 10.4. The van der Waals surface area contributed by atoms with Gasteiger partial charge in [0.25, 0.3) is 0 Å². The van der Waals surface area contributed by atoms with Crippen LogP contribution in [0.3, 0.4) is 0 Å². The first-order valence-corrected chi connectivity index (χ1v) is 4.30. The summed E-state index contributed by atoms with van der Waals surface area (Å²) in [5, 5.41) is 0.521. The van der Waals surface area contributed by atoms with Crippen molar-refractivity contribution in [1.82, 2.24) is 4.98 Å². The van der Waals surface area contributed by atoms with Crippen LogP contribution in [0.4, 0.5) is 8.78 Å². The highest BCUT2D eigenvalue weighted by Gasteiger charge is 2.04. The summed E-state index contributed by atoms with van der Waals surface area (Å²) in [5.41, 5.74) is 0.660. The summed E-state index contributed by atoms with van der Waals surface area (Å²) >= 11 is 3.15. The maximum atomic E-state index is 11.7. The molecule has 12 heavy (non-hydrogen) atoms. The number of aromatic nitrogens is 1. The molecule has 0 saturated heterocycles. The molecule has 0 unspecified atom stereocenters. The lowest BCUT2D eigenvalue weighted by Gasteiger charge is -2.03. The fourth-order valence-electron chi connectivity index (χ4n) is 0.705. The molecule has 0 aliphatic heterocycles. The first-order valence-electron chi connectivity index (χ1n) is 3.18. The molecule has 0 bridgehead atoms. The molecule has 0 N–H and O–H groups in total. The fourth-order valence-corrected chi connectivity index (χ4v) is 1.01. The third-order valence-electron chi connectivity index (χ3n) is 1.15. The van der Waals surface area contributed by atoms with Crippen LogP contribution < -0.4 is 4.74 Å². The number of hydrogen-bond acceptors (Lipinski definition) is 2. The third kappa shape index (κ3) is 2.73. The Bertz CT molecular complexity index is 257. The van der Waals surface area contributed by atoms with Crippen LogP contribution in [0, 0.1) is 0 Å². The average molecular weight is 238 g/mol. The van der Waals surface area contributed by atoms with E-state index in [-0.39, 0.29) is 5.75 Å². The van der Waals surface area contributed by atoms with Gasteiger partial charge in [0, 0.05) is 17.6 Å². The van der Waals surface area contributed by atoms with E-state index in [1.54, 1.807) is 0 Å². The standard InChI is InChI=1S/C7H6BrF2NO/c8-4-5-3-6(1-2-11-5)12-7(9)10/h1-3,7H,4H2. The van der Waals surface area contributed by atoms with Crippen molar-refractivity contribution in [3.8, 4) is 5.75 Å². The molecule has 1 aromatic rings. The molecular weight excluding hydrogens is 232 g/mol. The zero-order valence-electron chi connectivity index (χ0n) is 6.01. The van der Waals surface area contributed by atoms with Gasteiger partial charge in [-0.1, -0.05) is 15.9 Å². The summed E-state index contributed by atoms with van der Waals surface area (Å²) in [6.07, 6.45) is 1.42. The van der Waals surface area contributed by atoms with Gasteiger partial charge in [-0.25, -0.2) is 0 Å². The second-order valence-corrected chi connectivity index (χ2v) is 2.56. The maximum Gasteiger partial charge on any atom is 0.387 e. The molecule has 0 aliphatic carbocycles. The van der Waals surface area contributed by atoms with Crippen molar-refractivity contribution >= 4 is 15.9 Å². The Morgan fingerprint density at radius 3 is 2.92 bits per heavy atom. The summed E-state index contributed by atoms with van der Waals surface area (Å²) in [5.74, 6) is 0.134. The molecule has 1 aromatic heterocycles. The molecule has 0 aliphatic rings. The van der Waals surface area contributed by atoms with Gasteiger partial charge in [-0.2, -0.15) is 8.78 Å². The van der Waals surface area contributed by atoms with Gasteiger partial charge in [-0.05, 0) is 6.07 Å². The van der Waals surface area contributed by atoms with Gasteiger partial charge in [0.15, 0.2) is 0 Å². The van der Waals surface area contributed by atoms with E-state index in [0.717, 1.165) is 0 Å². The lowest BCUT2D eigenvalue weighted by Crippen LogP contribution is -2.02. The minimum atomic E-state index is -2.78. The van der Waals surface area contributed by atoms with E-state index >= 15 is 0 Å². The lowest BCUT2D eigenvalue weighted by molar-refractivity contribution is -0.0499. The number of hydrogen-bond donors (Lipinski definition) is 0. The van der Waals surface area contributed by atoms with Crippen LogP contribution in [-0.4, -0.2) is 11.6 Å². The van der Waals surface area contributed by atoms with Gasteiger partial charge in [-0.3, -0.25) is 4.98 Å². The molecule has 0 spiro atoms. The SMILES string of the molecule is FC(F)Oc1ccnc(CBr)c1. The Balaban J connectivity index is 2.72. The summed E-state index contributed by atoms with van der Waals surface area (Å²) in [6, 6.07) is 2.85. The van der Waals surface area contributed by atoms with Crippen LogP contribution in [0.5, 0.6) is 5.75 Å². The molecule has 0 radical (unpaired) electrons. The van der Waals surface area contributed by atoms with Gasteiger partial charge < -0.3 is 4.74 Å². The summed E-state index contributed by atoms with van der Waals surface area (Å²) in [4.78, 5) is 3.89. The molecule has 66 valence electrons. The van der Waals surface area contributed by atoms with Crippen molar-refractivity contribution in [1.29, 1.82) is 0 Å².